The van der Waals surface area contributed by atoms with Crippen LogP contribution < -0.4 is 15.1 Å². The van der Waals surface area contributed by atoms with Gasteiger partial charge in [0.1, 0.15) is 5.56 Å². The van der Waals surface area contributed by atoms with E-state index in [0.717, 1.165) is 8.78 Å². The fraction of sp³-hybridized carbons (Fsp3) is 0.273. The zero-order chi connectivity index (χ0) is 23.3. The number of carbonyl (C=O) groups excluding carboxylic acids is 1. The number of rotatable bonds is 9. The lowest BCUT2D eigenvalue weighted by atomic mass is 10.1. The number of aromatic nitrogens is 1. The molecule has 0 atom stereocenters. The summed E-state index contributed by atoms with van der Waals surface area (Å²) in [4.78, 5) is 28.2. The molecule has 1 amide bonds. The maximum absolute atomic E-state index is 13.1. The first kappa shape index (κ1) is 24.0. The molecule has 2 aromatic carbocycles. The Labute approximate surface area is 194 Å². The van der Waals surface area contributed by atoms with Gasteiger partial charge in [-0.1, -0.05) is 15.9 Å². The molecule has 32 heavy (non-hydrogen) atoms. The number of benzene rings is 2. The van der Waals surface area contributed by atoms with Gasteiger partial charge < -0.3 is 15.0 Å². The Kier molecular flexibility index (Phi) is 7.70. The summed E-state index contributed by atoms with van der Waals surface area (Å²) < 4.78 is 33.5. The largest absolute Gasteiger partial charge is 0.382 e. The fourth-order valence-electron chi connectivity index (χ4n) is 3.09. The standard InChI is InChI=1S/C22H24BrN3O5S/c1-3-31-12-4-11-24-22(28)19-14-25-20-10-9-17(13-18(20)21(19)27)32(29,30)26(2)16-7-5-15(23)6-8-16/h5-10,13-14H,3-4,11-12H2,1-2H3,(H,24,28)(H,25,27). The third kappa shape index (κ3) is 5.20. The van der Waals surface area contributed by atoms with Crippen LogP contribution in [0.2, 0.25) is 0 Å². The van der Waals surface area contributed by atoms with Gasteiger partial charge in [-0.15, -0.1) is 0 Å². The van der Waals surface area contributed by atoms with E-state index in [1.54, 1.807) is 24.3 Å². The van der Waals surface area contributed by atoms with Crippen molar-refractivity contribution in [3.05, 3.63) is 68.9 Å². The Morgan fingerprint density at radius 2 is 1.91 bits per heavy atom. The molecule has 0 fully saturated rings. The molecule has 0 aliphatic carbocycles. The number of hydrogen-bond acceptors (Lipinski definition) is 5. The van der Waals surface area contributed by atoms with Crippen molar-refractivity contribution in [2.75, 3.05) is 31.1 Å². The Hall–Kier alpha value is -2.69. The molecule has 2 N–H and O–H groups in total. The van der Waals surface area contributed by atoms with E-state index in [9.17, 15) is 18.0 Å². The Morgan fingerprint density at radius 1 is 1.19 bits per heavy atom. The van der Waals surface area contributed by atoms with E-state index in [-0.39, 0.29) is 15.8 Å². The quantitative estimate of drug-likeness (QED) is 0.420. The van der Waals surface area contributed by atoms with E-state index in [4.69, 9.17) is 4.74 Å². The van der Waals surface area contributed by atoms with Crippen molar-refractivity contribution in [2.45, 2.75) is 18.2 Å². The minimum absolute atomic E-state index is 0.0461. The zero-order valence-corrected chi connectivity index (χ0v) is 20.1. The van der Waals surface area contributed by atoms with Gasteiger partial charge in [0, 0.05) is 48.4 Å². The summed E-state index contributed by atoms with van der Waals surface area (Å²) >= 11 is 3.32. The first-order valence-corrected chi connectivity index (χ1v) is 12.2. The number of sulfonamides is 1. The molecular weight excluding hydrogens is 498 g/mol. The summed E-state index contributed by atoms with van der Waals surface area (Å²) in [6.07, 6.45) is 1.96. The molecule has 1 heterocycles. The molecule has 8 nitrogen and oxygen atoms in total. The average molecular weight is 522 g/mol. The molecule has 0 radical (unpaired) electrons. The van der Waals surface area contributed by atoms with E-state index in [0.29, 0.717) is 37.4 Å². The molecule has 0 aliphatic heterocycles. The van der Waals surface area contributed by atoms with Gasteiger partial charge in [-0.05, 0) is 55.8 Å². The van der Waals surface area contributed by atoms with Crippen LogP contribution in [0, 0.1) is 0 Å². The highest BCUT2D eigenvalue weighted by atomic mass is 79.9. The topological polar surface area (TPSA) is 109 Å². The number of nitrogens with zero attached hydrogens (tertiary/aromatic N) is 1. The molecule has 0 bridgehead atoms. The van der Waals surface area contributed by atoms with Crippen LogP contribution in [0.5, 0.6) is 0 Å². The van der Waals surface area contributed by atoms with Crippen molar-refractivity contribution in [3.63, 3.8) is 0 Å². The maximum Gasteiger partial charge on any atom is 0.264 e. The Balaban J connectivity index is 1.90. The lowest BCUT2D eigenvalue weighted by Gasteiger charge is -2.19. The Morgan fingerprint density at radius 3 is 2.59 bits per heavy atom. The third-order valence-corrected chi connectivity index (χ3v) is 7.21. The van der Waals surface area contributed by atoms with Crippen LogP contribution in [0.3, 0.4) is 0 Å². The number of anilines is 1. The van der Waals surface area contributed by atoms with Crippen LogP contribution in [0.25, 0.3) is 10.9 Å². The molecule has 1 aromatic heterocycles. The van der Waals surface area contributed by atoms with E-state index in [1.807, 2.05) is 6.92 Å². The van der Waals surface area contributed by atoms with Crippen LogP contribution in [-0.2, 0) is 14.8 Å². The van der Waals surface area contributed by atoms with Gasteiger partial charge >= 0.3 is 0 Å². The van der Waals surface area contributed by atoms with Crippen LogP contribution in [0.1, 0.15) is 23.7 Å². The zero-order valence-electron chi connectivity index (χ0n) is 17.7. The second-order valence-electron chi connectivity index (χ2n) is 6.99. The van der Waals surface area contributed by atoms with Crippen molar-refractivity contribution >= 4 is 48.5 Å². The predicted molar refractivity (Wildman–Crippen MR) is 128 cm³/mol. The first-order valence-electron chi connectivity index (χ1n) is 10.0. The van der Waals surface area contributed by atoms with Crippen molar-refractivity contribution in [1.82, 2.24) is 10.3 Å². The normalized spacial score (nSPS) is 11.5. The van der Waals surface area contributed by atoms with E-state index in [1.165, 1.54) is 31.4 Å². The number of aromatic amines is 1. The summed E-state index contributed by atoms with van der Waals surface area (Å²) in [5, 5.41) is 2.81. The molecule has 0 saturated carbocycles. The van der Waals surface area contributed by atoms with E-state index >= 15 is 0 Å². The number of nitrogens with one attached hydrogen (secondary N) is 2. The molecule has 0 saturated heterocycles. The summed E-state index contributed by atoms with van der Waals surface area (Å²) in [6.45, 7) is 3.36. The van der Waals surface area contributed by atoms with Crippen LogP contribution >= 0.6 is 15.9 Å². The lowest BCUT2D eigenvalue weighted by Crippen LogP contribution is -2.30. The maximum atomic E-state index is 13.1. The molecule has 0 unspecified atom stereocenters. The van der Waals surface area contributed by atoms with Gasteiger partial charge in [0.15, 0.2) is 0 Å². The monoisotopic (exact) mass is 521 g/mol. The fourth-order valence-corrected chi connectivity index (χ4v) is 4.58. The molecule has 170 valence electrons. The van der Waals surface area contributed by atoms with Gasteiger partial charge in [0.05, 0.1) is 10.6 Å². The Bertz CT molecular complexity index is 1270. The van der Waals surface area contributed by atoms with Crippen LogP contribution in [0.4, 0.5) is 5.69 Å². The third-order valence-electron chi connectivity index (χ3n) is 4.90. The highest BCUT2D eigenvalue weighted by molar-refractivity contribution is 9.10. The van der Waals surface area contributed by atoms with Crippen LogP contribution in [-0.4, -0.2) is 46.1 Å². The summed E-state index contributed by atoms with van der Waals surface area (Å²) in [6, 6.07) is 11.1. The van der Waals surface area contributed by atoms with Crippen molar-refractivity contribution in [1.29, 1.82) is 0 Å². The van der Waals surface area contributed by atoms with E-state index in [2.05, 4.69) is 26.2 Å². The number of pyridine rings is 1. The van der Waals surface area contributed by atoms with Crippen molar-refractivity contribution < 1.29 is 17.9 Å². The number of ether oxygens (including phenoxy) is 1. The highest BCUT2D eigenvalue weighted by Crippen LogP contribution is 2.25. The number of carbonyl (C=O) groups is 1. The molecule has 0 spiro atoms. The lowest BCUT2D eigenvalue weighted by molar-refractivity contribution is 0.0943. The molecule has 10 heteroatoms. The van der Waals surface area contributed by atoms with Crippen molar-refractivity contribution in [2.24, 2.45) is 0 Å². The summed E-state index contributed by atoms with van der Waals surface area (Å²) in [5.41, 5.74) is 0.296. The van der Waals surface area contributed by atoms with Gasteiger partial charge in [0.2, 0.25) is 5.43 Å². The number of amides is 1. The SMILES string of the molecule is CCOCCCNC(=O)c1c[nH]c2ccc(S(=O)(=O)N(C)c3ccc(Br)cc3)cc2c1=O. The summed E-state index contributed by atoms with van der Waals surface area (Å²) in [7, 11) is -2.47. The molecule has 3 aromatic rings. The predicted octanol–water partition coefficient (Wildman–Crippen LogP) is 3.27. The van der Waals surface area contributed by atoms with Gasteiger partial charge in [0.25, 0.3) is 15.9 Å². The number of halogens is 1. The first-order chi connectivity index (χ1) is 15.3. The number of H-pyrrole nitrogens is 1. The second kappa shape index (κ2) is 10.3. The minimum Gasteiger partial charge on any atom is -0.382 e. The van der Waals surface area contributed by atoms with Gasteiger partial charge in [-0.2, -0.15) is 0 Å². The van der Waals surface area contributed by atoms with Crippen molar-refractivity contribution in [3.8, 4) is 0 Å². The van der Waals surface area contributed by atoms with E-state index < -0.39 is 21.4 Å². The molecular formula is C22H24BrN3O5S. The average Bonchev–Trinajstić information content (AvgIpc) is 2.79. The smallest absolute Gasteiger partial charge is 0.264 e. The summed E-state index contributed by atoms with van der Waals surface area (Å²) in [5.74, 6) is -0.523. The van der Waals surface area contributed by atoms with Gasteiger partial charge in [-0.3, -0.25) is 13.9 Å². The minimum atomic E-state index is -3.92. The number of fused-ring (bicyclic) bond motifs is 1. The molecule has 3 rings (SSSR count). The molecule has 0 aliphatic rings. The number of hydrogen-bond donors (Lipinski definition) is 2. The van der Waals surface area contributed by atoms with Gasteiger partial charge in [-0.25, -0.2) is 8.42 Å². The second-order valence-corrected chi connectivity index (χ2v) is 9.88. The van der Waals surface area contributed by atoms with Crippen LogP contribution in [0.15, 0.2) is 62.8 Å². The highest BCUT2D eigenvalue weighted by Gasteiger charge is 2.23.